The highest BCUT2D eigenvalue weighted by atomic mass is 28.4. The van der Waals surface area contributed by atoms with Crippen LogP contribution in [-0.2, 0) is 26.3 Å². The number of ether oxygens (including phenoxy) is 2. The fourth-order valence-electron chi connectivity index (χ4n) is 4.72. The summed E-state index contributed by atoms with van der Waals surface area (Å²) in [6.07, 6.45) is -11.9. The Labute approximate surface area is 260 Å². The van der Waals surface area contributed by atoms with Gasteiger partial charge in [0, 0.05) is 11.5 Å². The van der Waals surface area contributed by atoms with Crippen LogP contribution in [0.3, 0.4) is 0 Å². The van der Waals surface area contributed by atoms with Crippen LogP contribution in [-0.4, -0.2) is 50.2 Å². The Bertz CT molecular complexity index is 1340. The zero-order valence-electron chi connectivity index (χ0n) is 26.6. The Balaban J connectivity index is 2.10. The summed E-state index contributed by atoms with van der Waals surface area (Å²) < 4.78 is 114. The Morgan fingerprint density at radius 2 is 1.42 bits per heavy atom. The monoisotopic (exact) mass is 663 g/mol. The van der Waals surface area contributed by atoms with Crippen LogP contribution in [0.4, 0.5) is 35.5 Å². The Kier molecular flexibility index (Phi) is 10.2. The minimum Gasteiger partial charge on any atom is -0.488 e. The Hall–Kier alpha value is -3.06. The first-order valence-corrected chi connectivity index (χ1v) is 17.3. The van der Waals surface area contributed by atoms with E-state index in [1.165, 1.54) is 29.2 Å². The van der Waals surface area contributed by atoms with Crippen LogP contribution in [0.25, 0.3) is 5.76 Å². The van der Waals surface area contributed by atoms with Crippen LogP contribution < -0.4 is 0 Å². The molecule has 1 heterocycles. The number of rotatable bonds is 7. The van der Waals surface area contributed by atoms with Gasteiger partial charge in [-0.1, -0.05) is 39.5 Å². The lowest BCUT2D eigenvalue weighted by Crippen LogP contribution is -2.48. The molecular formula is C32H40F7NO4Si. The lowest BCUT2D eigenvalue weighted by Gasteiger charge is -2.39. The van der Waals surface area contributed by atoms with Gasteiger partial charge in [0.2, 0.25) is 0 Å². The van der Waals surface area contributed by atoms with E-state index in [0.717, 1.165) is 0 Å². The highest BCUT2D eigenvalue weighted by molar-refractivity contribution is 6.74. The molecule has 250 valence electrons. The van der Waals surface area contributed by atoms with Crippen molar-refractivity contribution in [1.29, 1.82) is 0 Å². The molecule has 1 amide bonds. The second-order valence-corrected chi connectivity index (χ2v) is 18.5. The first-order chi connectivity index (χ1) is 20.3. The third-order valence-electron chi connectivity index (χ3n) is 8.10. The lowest BCUT2D eigenvalue weighted by atomic mass is 9.90. The van der Waals surface area contributed by atoms with Crippen LogP contribution in [0.15, 0.2) is 49.0 Å². The highest BCUT2D eigenvalue weighted by Gasteiger charge is 2.49. The van der Waals surface area contributed by atoms with E-state index in [-0.39, 0.29) is 24.3 Å². The molecule has 0 radical (unpaired) electrons. The molecule has 0 bridgehead atoms. The number of likely N-dealkylation sites (tertiary alicyclic amines) is 1. The summed E-state index contributed by atoms with van der Waals surface area (Å²) in [6.45, 7) is 18.7. The summed E-state index contributed by atoms with van der Waals surface area (Å²) in [5, 5.41) is -0.197. The van der Waals surface area contributed by atoms with Gasteiger partial charge in [-0.05, 0) is 74.8 Å². The number of carbonyl (C=O) groups excluding carboxylic acids is 1. The molecule has 45 heavy (non-hydrogen) atoms. The van der Waals surface area contributed by atoms with Crippen molar-refractivity contribution in [2.75, 3.05) is 13.2 Å². The molecule has 13 heteroatoms. The molecule has 2 aromatic carbocycles. The Morgan fingerprint density at radius 3 is 1.87 bits per heavy atom. The fourth-order valence-corrected chi connectivity index (χ4v) is 5.74. The van der Waals surface area contributed by atoms with Crippen molar-refractivity contribution < 1.29 is 49.4 Å². The van der Waals surface area contributed by atoms with E-state index in [4.69, 9.17) is 13.9 Å². The van der Waals surface area contributed by atoms with Gasteiger partial charge in [-0.15, -0.1) is 0 Å². The van der Waals surface area contributed by atoms with Gasteiger partial charge in [0.25, 0.3) is 0 Å². The minimum absolute atomic E-state index is 0.0197. The molecule has 1 aliphatic rings. The van der Waals surface area contributed by atoms with Gasteiger partial charge in [-0.2, -0.15) is 26.3 Å². The van der Waals surface area contributed by atoms with Crippen molar-refractivity contribution in [3.8, 4) is 0 Å². The summed E-state index contributed by atoms with van der Waals surface area (Å²) >= 11 is 0. The predicted molar refractivity (Wildman–Crippen MR) is 159 cm³/mol. The zero-order valence-corrected chi connectivity index (χ0v) is 27.6. The second-order valence-electron chi connectivity index (χ2n) is 13.7. The SMILES string of the molecule is C=C(O[C@H]1CN(C(=O)OC(C)(C)C)[C@@H](CO[Si](C)(C)C(C)(C)C)[C@@H]1c1ccc(F)cc1)c1cc(C(F)(F)F)cc(C(F)(F)F)c1. The van der Waals surface area contributed by atoms with Crippen molar-refractivity contribution in [3.63, 3.8) is 0 Å². The number of amides is 1. The molecule has 0 N–H and O–H groups in total. The molecule has 0 spiro atoms. The molecular weight excluding hydrogens is 623 g/mol. The molecule has 3 atom stereocenters. The second kappa shape index (κ2) is 12.6. The van der Waals surface area contributed by atoms with Crippen LogP contribution >= 0.6 is 0 Å². The summed E-state index contributed by atoms with van der Waals surface area (Å²) in [6, 6.07) is 5.74. The molecule has 0 saturated carbocycles. The average Bonchev–Trinajstić information content (AvgIpc) is 3.23. The van der Waals surface area contributed by atoms with E-state index < -0.39 is 78.7 Å². The summed E-state index contributed by atoms with van der Waals surface area (Å²) in [4.78, 5) is 14.9. The van der Waals surface area contributed by atoms with Gasteiger partial charge in [0.15, 0.2) is 8.32 Å². The Morgan fingerprint density at radius 1 is 0.911 bits per heavy atom. The third-order valence-corrected chi connectivity index (χ3v) is 12.6. The lowest BCUT2D eigenvalue weighted by molar-refractivity contribution is -0.143. The van der Waals surface area contributed by atoms with Gasteiger partial charge in [0.1, 0.15) is 23.3 Å². The zero-order chi connectivity index (χ0) is 34.3. The van der Waals surface area contributed by atoms with Crippen LogP contribution in [0.2, 0.25) is 18.1 Å². The predicted octanol–water partition coefficient (Wildman–Crippen LogP) is 9.64. The van der Waals surface area contributed by atoms with E-state index in [9.17, 15) is 35.5 Å². The molecule has 2 aromatic rings. The molecule has 0 unspecified atom stereocenters. The number of hydrogen-bond donors (Lipinski definition) is 0. The number of nitrogens with zero attached hydrogens (tertiary/aromatic N) is 1. The fraction of sp³-hybridized carbons (Fsp3) is 0.531. The van der Waals surface area contributed by atoms with Crippen molar-refractivity contribution in [2.24, 2.45) is 0 Å². The molecule has 3 rings (SSSR count). The average molecular weight is 664 g/mol. The maximum Gasteiger partial charge on any atom is 0.416 e. The third kappa shape index (κ3) is 9.02. The summed E-state index contributed by atoms with van der Waals surface area (Å²) in [5.41, 5.74) is -3.94. The van der Waals surface area contributed by atoms with Gasteiger partial charge in [-0.25, -0.2) is 9.18 Å². The van der Waals surface area contributed by atoms with Crippen LogP contribution in [0.1, 0.15) is 69.7 Å². The van der Waals surface area contributed by atoms with E-state index in [0.29, 0.717) is 17.7 Å². The largest absolute Gasteiger partial charge is 0.488 e. The number of hydrogen-bond acceptors (Lipinski definition) is 4. The number of halogens is 7. The van der Waals surface area contributed by atoms with Crippen molar-refractivity contribution in [3.05, 3.63) is 77.1 Å². The standard InChI is InChI=1S/C32H40F7NO4Si/c1-19(21-14-22(31(34,35)36)16-23(15-21)32(37,38)39)43-26-17-40(28(41)44-29(2,3)4)25(18-42-45(8,9)30(5,6)7)27(26)20-10-12-24(33)13-11-20/h10-16,25-27H,1,17-18H2,2-9H3/t25-,26-,27-/m0/s1. The molecule has 1 fully saturated rings. The van der Waals surface area contributed by atoms with Crippen LogP contribution in [0.5, 0.6) is 0 Å². The van der Waals surface area contributed by atoms with Crippen molar-refractivity contribution in [2.45, 2.75) is 95.7 Å². The quantitative estimate of drug-likeness (QED) is 0.168. The van der Waals surface area contributed by atoms with Crippen molar-refractivity contribution >= 4 is 20.2 Å². The highest BCUT2D eigenvalue weighted by Crippen LogP contribution is 2.43. The number of alkyl halides is 6. The van der Waals surface area contributed by atoms with Gasteiger partial charge in [0.05, 0.1) is 30.3 Å². The molecule has 1 aliphatic heterocycles. The number of carbonyl (C=O) groups is 1. The molecule has 0 aliphatic carbocycles. The smallest absolute Gasteiger partial charge is 0.416 e. The normalized spacial score (nSPS) is 19.9. The van der Waals surface area contributed by atoms with E-state index in [1.807, 2.05) is 33.9 Å². The van der Waals surface area contributed by atoms with E-state index in [2.05, 4.69) is 6.58 Å². The van der Waals surface area contributed by atoms with Crippen LogP contribution in [0, 0.1) is 5.82 Å². The molecule has 5 nitrogen and oxygen atoms in total. The summed E-state index contributed by atoms with van der Waals surface area (Å²) in [5.74, 6) is -1.73. The summed E-state index contributed by atoms with van der Waals surface area (Å²) in [7, 11) is -2.39. The number of benzene rings is 2. The minimum atomic E-state index is -5.07. The van der Waals surface area contributed by atoms with Gasteiger partial charge < -0.3 is 13.9 Å². The van der Waals surface area contributed by atoms with Gasteiger partial charge in [-0.3, -0.25) is 4.90 Å². The van der Waals surface area contributed by atoms with Crippen molar-refractivity contribution in [1.82, 2.24) is 4.90 Å². The maximum atomic E-state index is 14.0. The first kappa shape index (κ1) is 36.4. The van der Waals surface area contributed by atoms with E-state index in [1.54, 1.807) is 20.8 Å². The van der Waals surface area contributed by atoms with E-state index >= 15 is 0 Å². The molecule has 1 saturated heterocycles. The van der Waals surface area contributed by atoms with Gasteiger partial charge >= 0.3 is 18.4 Å². The first-order valence-electron chi connectivity index (χ1n) is 14.3. The topological polar surface area (TPSA) is 48.0 Å². The maximum absolute atomic E-state index is 14.0. The molecule has 0 aromatic heterocycles.